The first-order chi connectivity index (χ1) is 12.5. The molecule has 7 heteroatoms. The minimum Gasteiger partial charge on any atom is -0.493 e. The number of aryl methyl sites for hydroxylation is 1. The van der Waals surface area contributed by atoms with Gasteiger partial charge in [-0.2, -0.15) is 0 Å². The van der Waals surface area contributed by atoms with Gasteiger partial charge >= 0.3 is 0 Å². The quantitative estimate of drug-likeness (QED) is 0.728. The normalized spacial score (nSPS) is 10.1. The summed E-state index contributed by atoms with van der Waals surface area (Å²) < 4.78 is 10.4. The van der Waals surface area contributed by atoms with Crippen molar-refractivity contribution in [2.45, 2.75) is 19.3 Å². The lowest BCUT2D eigenvalue weighted by atomic mass is 10.1. The molecule has 0 aliphatic carbocycles. The topological polar surface area (TPSA) is 76.7 Å². The second kappa shape index (κ2) is 9.68. The summed E-state index contributed by atoms with van der Waals surface area (Å²) in [5.74, 6) is 0.674. The highest BCUT2D eigenvalue weighted by atomic mass is 35.5. The van der Waals surface area contributed by atoms with E-state index in [9.17, 15) is 9.59 Å². The highest BCUT2D eigenvalue weighted by molar-refractivity contribution is 6.30. The molecule has 2 aromatic rings. The highest BCUT2D eigenvalue weighted by Crippen LogP contribution is 2.27. The van der Waals surface area contributed by atoms with E-state index in [-0.39, 0.29) is 24.7 Å². The molecule has 0 atom stereocenters. The number of halogens is 1. The molecule has 0 aliphatic rings. The summed E-state index contributed by atoms with van der Waals surface area (Å²) in [5.41, 5.74) is 6.57. The molecule has 2 rings (SSSR count). The Hall–Kier alpha value is -2.73. The van der Waals surface area contributed by atoms with Crippen molar-refractivity contribution in [3.8, 4) is 11.5 Å². The van der Waals surface area contributed by atoms with Gasteiger partial charge in [0, 0.05) is 11.4 Å². The maximum atomic E-state index is 11.9. The van der Waals surface area contributed by atoms with Crippen molar-refractivity contribution in [3.63, 3.8) is 0 Å². The average molecular weight is 377 g/mol. The Morgan fingerprint density at radius 2 is 1.50 bits per heavy atom. The largest absolute Gasteiger partial charge is 0.493 e. The zero-order chi connectivity index (χ0) is 18.9. The number of rotatable bonds is 7. The summed E-state index contributed by atoms with van der Waals surface area (Å²) in [7, 11) is 3.13. The Balaban J connectivity index is 1.76. The molecule has 0 bridgehead atoms. The first-order valence-corrected chi connectivity index (χ1v) is 8.42. The fourth-order valence-electron chi connectivity index (χ4n) is 2.33. The van der Waals surface area contributed by atoms with Crippen LogP contribution >= 0.6 is 11.6 Å². The van der Waals surface area contributed by atoms with E-state index in [4.69, 9.17) is 21.1 Å². The number of methoxy groups -OCH3 is 2. The predicted octanol–water partition coefficient (Wildman–Crippen LogP) is 2.68. The molecule has 0 heterocycles. The second-order valence-corrected chi connectivity index (χ2v) is 6.03. The van der Waals surface area contributed by atoms with Crippen molar-refractivity contribution in [1.29, 1.82) is 0 Å². The van der Waals surface area contributed by atoms with Gasteiger partial charge in [-0.05, 0) is 41.8 Å². The summed E-state index contributed by atoms with van der Waals surface area (Å²) in [6.07, 6.45) is 0.906. The number of benzene rings is 2. The molecule has 0 saturated heterocycles. The van der Waals surface area contributed by atoms with Crippen LogP contribution in [0.2, 0.25) is 5.02 Å². The zero-order valence-electron chi connectivity index (χ0n) is 14.7. The van der Waals surface area contributed by atoms with E-state index in [2.05, 4.69) is 10.9 Å². The van der Waals surface area contributed by atoms with Crippen molar-refractivity contribution < 1.29 is 19.1 Å². The average Bonchev–Trinajstić information content (AvgIpc) is 2.66. The number of carbonyl (C=O) groups is 2. The molecular weight excluding hydrogens is 356 g/mol. The van der Waals surface area contributed by atoms with Crippen LogP contribution in [-0.2, 0) is 22.4 Å². The lowest BCUT2D eigenvalue weighted by molar-refractivity contribution is -0.128. The molecule has 0 radical (unpaired) electrons. The number of hydrogen-bond acceptors (Lipinski definition) is 4. The molecule has 0 spiro atoms. The standard InChI is InChI=1S/C19H21ClN2O4/c1-25-16-9-5-13(11-17(16)26-2)6-10-18(23)21-22-19(24)12-14-3-7-15(20)8-4-14/h3-5,7-9,11H,6,10,12H2,1-2H3,(H,21,23)(H,22,24). The van der Waals surface area contributed by atoms with Gasteiger partial charge in [0.25, 0.3) is 0 Å². The predicted molar refractivity (Wildman–Crippen MR) is 99.3 cm³/mol. The molecule has 0 unspecified atom stereocenters. The third-order valence-corrected chi connectivity index (χ3v) is 3.96. The van der Waals surface area contributed by atoms with Crippen molar-refractivity contribution in [2.75, 3.05) is 14.2 Å². The third-order valence-electron chi connectivity index (χ3n) is 3.71. The fraction of sp³-hybridized carbons (Fsp3) is 0.263. The monoisotopic (exact) mass is 376 g/mol. The minimum absolute atomic E-state index is 0.160. The second-order valence-electron chi connectivity index (χ2n) is 5.59. The first-order valence-electron chi connectivity index (χ1n) is 8.05. The Labute approximate surface area is 157 Å². The van der Waals surface area contributed by atoms with Gasteiger partial charge in [-0.25, -0.2) is 0 Å². The van der Waals surface area contributed by atoms with Crippen molar-refractivity contribution in [1.82, 2.24) is 10.9 Å². The lowest BCUT2D eigenvalue weighted by Gasteiger charge is -2.10. The molecule has 0 aliphatic heterocycles. The number of carbonyl (C=O) groups excluding carboxylic acids is 2. The van der Waals surface area contributed by atoms with E-state index in [1.165, 1.54) is 0 Å². The van der Waals surface area contributed by atoms with Crippen LogP contribution in [-0.4, -0.2) is 26.0 Å². The molecule has 0 saturated carbocycles. The van der Waals surface area contributed by atoms with E-state index in [1.807, 2.05) is 12.1 Å². The van der Waals surface area contributed by atoms with Crippen molar-refractivity contribution in [3.05, 3.63) is 58.6 Å². The van der Waals surface area contributed by atoms with Crippen LogP contribution in [0.1, 0.15) is 17.5 Å². The zero-order valence-corrected chi connectivity index (χ0v) is 15.4. The summed E-state index contributed by atoms with van der Waals surface area (Å²) >= 11 is 5.80. The minimum atomic E-state index is -0.299. The molecule has 0 fully saturated rings. The lowest BCUT2D eigenvalue weighted by Crippen LogP contribution is -2.42. The smallest absolute Gasteiger partial charge is 0.242 e. The maximum Gasteiger partial charge on any atom is 0.242 e. The van der Waals surface area contributed by atoms with E-state index in [0.717, 1.165) is 11.1 Å². The van der Waals surface area contributed by atoms with Crippen LogP contribution in [0.25, 0.3) is 0 Å². The van der Waals surface area contributed by atoms with Crippen LogP contribution in [0.5, 0.6) is 11.5 Å². The van der Waals surface area contributed by atoms with Gasteiger partial charge in [0.2, 0.25) is 11.8 Å². The van der Waals surface area contributed by atoms with Crippen LogP contribution in [0.3, 0.4) is 0 Å². The maximum absolute atomic E-state index is 11.9. The molecule has 2 aromatic carbocycles. The van der Waals surface area contributed by atoms with Crippen molar-refractivity contribution in [2.24, 2.45) is 0 Å². The first kappa shape index (κ1) is 19.6. The van der Waals surface area contributed by atoms with E-state index in [1.54, 1.807) is 44.6 Å². The number of amides is 2. The highest BCUT2D eigenvalue weighted by Gasteiger charge is 2.08. The van der Waals surface area contributed by atoms with Gasteiger partial charge in [0.15, 0.2) is 11.5 Å². The molecule has 26 heavy (non-hydrogen) atoms. The Bertz CT molecular complexity index is 763. The summed E-state index contributed by atoms with van der Waals surface area (Å²) in [6, 6.07) is 12.4. The van der Waals surface area contributed by atoms with Gasteiger partial charge in [0.1, 0.15) is 0 Å². The van der Waals surface area contributed by atoms with Crippen molar-refractivity contribution >= 4 is 23.4 Å². The van der Waals surface area contributed by atoms with Gasteiger partial charge < -0.3 is 9.47 Å². The van der Waals surface area contributed by atoms with Crippen LogP contribution < -0.4 is 20.3 Å². The number of ether oxygens (including phenoxy) is 2. The SMILES string of the molecule is COc1ccc(CCC(=O)NNC(=O)Cc2ccc(Cl)cc2)cc1OC. The molecule has 2 amide bonds. The van der Waals surface area contributed by atoms with Gasteiger partial charge in [-0.15, -0.1) is 0 Å². The summed E-state index contributed by atoms with van der Waals surface area (Å²) in [6.45, 7) is 0. The van der Waals surface area contributed by atoms with Crippen LogP contribution in [0.4, 0.5) is 0 Å². The summed E-state index contributed by atoms with van der Waals surface area (Å²) in [5, 5.41) is 0.609. The number of hydrazine groups is 1. The van der Waals surface area contributed by atoms with E-state index >= 15 is 0 Å². The molecule has 138 valence electrons. The molecular formula is C19H21ClN2O4. The van der Waals surface area contributed by atoms with Gasteiger partial charge in [-0.1, -0.05) is 29.8 Å². The van der Waals surface area contributed by atoms with Crippen LogP contribution in [0, 0.1) is 0 Å². The molecule has 0 aromatic heterocycles. The van der Waals surface area contributed by atoms with Gasteiger partial charge in [-0.3, -0.25) is 20.4 Å². The third kappa shape index (κ3) is 5.97. The fourth-order valence-corrected chi connectivity index (χ4v) is 2.45. The Kier molecular flexibility index (Phi) is 7.29. The Morgan fingerprint density at radius 1 is 0.885 bits per heavy atom. The van der Waals surface area contributed by atoms with Crippen LogP contribution in [0.15, 0.2) is 42.5 Å². The van der Waals surface area contributed by atoms with Gasteiger partial charge in [0.05, 0.1) is 20.6 Å². The summed E-state index contributed by atoms with van der Waals surface area (Å²) in [4.78, 5) is 23.7. The molecule has 6 nitrogen and oxygen atoms in total. The van der Waals surface area contributed by atoms with E-state index in [0.29, 0.717) is 22.9 Å². The Morgan fingerprint density at radius 3 is 2.15 bits per heavy atom. The number of hydrogen-bond donors (Lipinski definition) is 2. The molecule has 2 N–H and O–H groups in total. The van der Waals surface area contributed by atoms with E-state index < -0.39 is 0 Å². The number of nitrogens with one attached hydrogen (secondary N) is 2.